The molecule has 126 valence electrons. The van der Waals surface area contributed by atoms with Crippen molar-refractivity contribution in [1.82, 2.24) is 10.6 Å². The monoisotopic (exact) mass is 328 g/mol. The van der Waals surface area contributed by atoms with Crippen LogP contribution in [0.5, 0.6) is 0 Å². The van der Waals surface area contributed by atoms with Crippen LogP contribution in [0.4, 0.5) is 0 Å². The highest BCUT2D eigenvalue weighted by molar-refractivity contribution is 6.05. The Balaban J connectivity index is 2.14. The van der Waals surface area contributed by atoms with Gasteiger partial charge in [-0.25, -0.2) is 0 Å². The number of nitrogens with one attached hydrogen (secondary N) is 2. The molecule has 0 aliphatic heterocycles. The fraction of sp³-hybridized carbons (Fsp3) is 0.222. The van der Waals surface area contributed by atoms with Crippen LogP contribution in [-0.2, 0) is 9.53 Å². The Morgan fingerprint density at radius 1 is 1.21 bits per heavy atom. The molecule has 2 rings (SSSR count). The lowest BCUT2D eigenvalue weighted by atomic mass is 10.1. The fourth-order valence-corrected chi connectivity index (χ4v) is 1.94. The molecule has 0 spiro atoms. The number of furan rings is 1. The molecule has 6 heteroatoms. The first-order valence-corrected chi connectivity index (χ1v) is 7.50. The zero-order chi connectivity index (χ0) is 17.4. The van der Waals surface area contributed by atoms with Crippen LogP contribution in [0.3, 0.4) is 0 Å². The van der Waals surface area contributed by atoms with Gasteiger partial charge in [0.15, 0.2) is 0 Å². The van der Waals surface area contributed by atoms with Crippen LogP contribution >= 0.6 is 0 Å². The summed E-state index contributed by atoms with van der Waals surface area (Å²) >= 11 is 0. The highest BCUT2D eigenvalue weighted by Gasteiger charge is 2.15. The first kappa shape index (κ1) is 17.5. The number of ether oxygens (including phenoxy) is 1. The Hall–Kier alpha value is -2.86. The van der Waals surface area contributed by atoms with E-state index in [9.17, 15) is 9.59 Å². The molecular weight excluding hydrogens is 308 g/mol. The highest BCUT2D eigenvalue weighted by atomic mass is 16.5. The number of hydrogen-bond acceptors (Lipinski definition) is 4. The molecule has 6 nitrogen and oxygen atoms in total. The standard InChI is InChI=1S/C18H20N2O4/c1-13-5-7-14(8-6-13)17(21)20-16(12-15-4-3-10-24-15)18(22)19-9-11-23-2/h3-8,10,12H,9,11H2,1-2H3,(H,19,22)(H,20,21). The lowest BCUT2D eigenvalue weighted by Crippen LogP contribution is -2.36. The predicted octanol–water partition coefficient (Wildman–Crippen LogP) is 2.12. The molecule has 0 unspecified atom stereocenters. The van der Waals surface area contributed by atoms with E-state index in [2.05, 4.69) is 10.6 Å². The van der Waals surface area contributed by atoms with Gasteiger partial charge in [-0.05, 0) is 31.2 Å². The topological polar surface area (TPSA) is 80.6 Å². The van der Waals surface area contributed by atoms with Gasteiger partial charge in [0.05, 0.1) is 12.9 Å². The smallest absolute Gasteiger partial charge is 0.268 e. The molecule has 0 saturated heterocycles. The Bertz CT molecular complexity index is 703. The Labute approximate surface area is 140 Å². The van der Waals surface area contributed by atoms with Crippen molar-refractivity contribution in [2.24, 2.45) is 0 Å². The number of rotatable bonds is 7. The fourth-order valence-electron chi connectivity index (χ4n) is 1.94. The van der Waals surface area contributed by atoms with E-state index in [-0.39, 0.29) is 11.6 Å². The molecule has 0 saturated carbocycles. The predicted molar refractivity (Wildman–Crippen MR) is 90.2 cm³/mol. The van der Waals surface area contributed by atoms with Crippen LogP contribution in [0.2, 0.25) is 0 Å². The third-order valence-corrected chi connectivity index (χ3v) is 3.23. The largest absolute Gasteiger partial charge is 0.465 e. The van der Waals surface area contributed by atoms with Crippen molar-refractivity contribution < 1.29 is 18.7 Å². The molecule has 2 N–H and O–H groups in total. The van der Waals surface area contributed by atoms with Crippen LogP contribution in [0.25, 0.3) is 6.08 Å². The molecule has 2 aromatic rings. The molecule has 0 radical (unpaired) electrons. The van der Waals surface area contributed by atoms with Crippen molar-refractivity contribution in [3.63, 3.8) is 0 Å². The van der Waals surface area contributed by atoms with E-state index in [4.69, 9.17) is 9.15 Å². The second kappa shape index (κ2) is 8.69. The molecule has 0 fully saturated rings. The molecule has 1 heterocycles. The average Bonchev–Trinajstić information content (AvgIpc) is 3.08. The van der Waals surface area contributed by atoms with E-state index in [0.29, 0.717) is 24.5 Å². The summed E-state index contributed by atoms with van der Waals surface area (Å²) in [6, 6.07) is 10.5. The van der Waals surface area contributed by atoms with Gasteiger partial charge in [0, 0.05) is 25.3 Å². The Morgan fingerprint density at radius 2 is 1.96 bits per heavy atom. The lowest BCUT2D eigenvalue weighted by Gasteiger charge is -2.10. The number of methoxy groups -OCH3 is 1. The SMILES string of the molecule is COCCNC(=O)C(=Cc1ccco1)NC(=O)c1ccc(C)cc1. The Kier molecular flexibility index (Phi) is 6.33. The molecule has 1 aromatic carbocycles. The molecule has 1 aromatic heterocycles. The maximum atomic E-state index is 12.3. The maximum Gasteiger partial charge on any atom is 0.268 e. The van der Waals surface area contributed by atoms with E-state index < -0.39 is 5.91 Å². The summed E-state index contributed by atoms with van der Waals surface area (Å²) in [6.45, 7) is 2.66. The van der Waals surface area contributed by atoms with Crippen molar-refractivity contribution in [2.45, 2.75) is 6.92 Å². The van der Waals surface area contributed by atoms with Crippen LogP contribution in [-0.4, -0.2) is 32.1 Å². The summed E-state index contributed by atoms with van der Waals surface area (Å²) in [5, 5.41) is 5.30. The number of carbonyl (C=O) groups is 2. The zero-order valence-corrected chi connectivity index (χ0v) is 13.7. The third kappa shape index (κ3) is 5.10. The van der Waals surface area contributed by atoms with E-state index in [1.807, 2.05) is 19.1 Å². The molecule has 0 aliphatic rings. The van der Waals surface area contributed by atoms with Gasteiger partial charge < -0.3 is 19.8 Å². The quantitative estimate of drug-likeness (QED) is 0.603. The average molecular weight is 328 g/mol. The summed E-state index contributed by atoms with van der Waals surface area (Å²) < 4.78 is 10.1. The second-order valence-corrected chi connectivity index (χ2v) is 5.14. The van der Waals surface area contributed by atoms with Gasteiger partial charge in [-0.15, -0.1) is 0 Å². The van der Waals surface area contributed by atoms with Crippen molar-refractivity contribution in [3.8, 4) is 0 Å². The van der Waals surface area contributed by atoms with Gasteiger partial charge in [0.25, 0.3) is 11.8 Å². The second-order valence-electron chi connectivity index (χ2n) is 5.14. The van der Waals surface area contributed by atoms with Crippen LogP contribution in [0.15, 0.2) is 52.8 Å². The van der Waals surface area contributed by atoms with E-state index in [0.717, 1.165) is 5.56 Å². The van der Waals surface area contributed by atoms with Crippen LogP contribution in [0, 0.1) is 6.92 Å². The molecular formula is C18H20N2O4. The molecule has 2 amide bonds. The summed E-state index contributed by atoms with van der Waals surface area (Å²) in [6.07, 6.45) is 2.97. The molecule has 0 aliphatic carbocycles. The van der Waals surface area contributed by atoms with Crippen molar-refractivity contribution in [2.75, 3.05) is 20.3 Å². The minimum absolute atomic E-state index is 0.103. The van der Waals surface area contributed by atoms with Gasteiger partial charge in [0.1, 0.15) is 11.5 Å². The molecule has 0 bridgehead atoms. The first-order valence-electron chi connectivity index (χ1n) is 7.50. The van der Waals surface area contributed by atoms with Crippen LogP contribution in [0.1, 0.15) is 21.7 Å². The lowest BCUT2D eigenvalue weighted by molar-refractivity contribution is -0.117. The first-order chi connectivity index (χ1) is 11.6. The minimum Gasteiger partial charge on any atom is -0.465 e. The summed E-state index contributed by atoms with van der Waals surface area (Å²) in [5.74, 6) is -0.310. The van der Waals surface area contributed by atoms with Gasteiger partial charge in [-0.3, -0.25) is 9.59 Å². The van der Waals surface area contributed by atoms with Gasteiger partial charge in [-0.1, -0.05) is 17.7 Å². The number of aryl methyl sites for hydroxylation is 1. The maximum absolute atomic E-state index is 12.3. The summed E-state index contributed by atoms with van der Waals surface area (Å²) in [7, 11) is 1.55. The van der Waals surface area contributed by atoms with Gasteiger partial charge in [-0.2, -0.15) is 0 Å². The van der Waals surface area contributed by atoms with E-state index >= 15 is 0 Å². The van der Waals surface area contributed by atoms with Gasteiger partial charge >= 0.3 is 0 Å². The number of benzene rings is 1. The zero-order valence-electron chi connectivity index (χ0n) is 13.7. The number of carbonyl (C=O) groups excluding carboxylic acids is 2. The summed E-state index contributed by atoms with van der Waals surface area (Å²) in [5.41, 5.74) is 1.62. The normalized spacial score (nSPS) is 11.2. The molecule has 24 heavy (non-hydrogen) atoms. The van der Waals surface area contributed by atoms with Crippen molar-refractivity contribution in [3.05, 3.63) is 65.2 Å². The van der Waals surface area contributed by atoms with Crippen molar-refractivity contribution >= 4 is 17.9 Å². The minimum atomic E-state index is -0.413. The number of hydrogen-bond donors (Lipinski definition) is 2. The van der Waals surface area contributed by atoms with Crippen LogP contribution < -0.4 is 10.6 Å². The highest BCUT2D eigenvalue weighted by Crippen LogP contribution is 2.08. The Morgan fingerprint density at radius 3 is 2.58 bits per heavy atom. The molecule has 0 atom stereocenters. The van der Waals surface area contributed by atoms with E-state index in [1.54, 1.807) is 31.4 Å². The third-order valence-electron chi connectivity index (χ3n) is 3.23. The number of amides is 2. The van der Waals surface area contributed by atoms with Gasteiger partial charge in [0.2, 0.25) is 0 Å². The summed E-state index contributed by atoms with van der Waals surface area (Å²) in [4.78, 5) is 24.6. The van der Waals surface area contributed by atoms with E-state index in [1.165, 1.54) is 12.3 Å². The van der Waals surface area contributed by atoms with Crippen molar-refractivity contribution in [1.29, 1.82) is 0 Å².